The zero-order chi connectivity index (χ0) is 22.4. The number of carboxylic acids is 3. The van der Waals surface area contributed by atoms with Crippen LogP contribution in [0.15, 0.2) is 0 Å². The number of rotatable bonds is 16. The molecule has 0 fully saturated rings. The molecule has 0 bridgehead atoms. The number of nitrogens with zero attached hydrogens (tertiary/aromatic N) is 3. The minimum atomic E-state index is -1.40. The van der Waals surface area contributed by atoms with Gasteiger partial charge in [-0.1, -0.05) is 0 Å². The third kappa shape index (κ3) is 23.4. The predicted molar refractivity (Wildman–Crippen MR) is 103 cm³/mol. The molecule has 0 aromatic carbocycles. The third-order valence-electron chi connectivity index (χ3n) is 3.82. The monoisotopic (exact) mass is 628 g/mol. The number of carbonyl (C=O) groups excluding carboxylic acids is 5. The van der Waals surface area contributed by atoms with E-state index in [1.54, 1.807) is 0 Å². The van der Waals surface area contributed by atoms with E-state index in [-0.39, 0.29) is 95.6 Å². The molecular formula is C16H32GdN5O11. The SMILES string of the molecule is CNC(=O)CN(CCN(CCN(CC(=O)[O-])CC(=O)NC)CC(=O)[O-])CC(=O)[O-].O.O.O.[Gd+3]. The minimum absolute atomic E-state index is 0. The quantitative estimate of drug-likeness (QED) is 0.162. The Hall–Kier alpha value is -1.57. The van der Waals surface area contributed by atoms with Gasteiger partial charge in [-0.2, -0.15) is 0 Å². The molecule has 0 aliphatic rings. The van der Waals surface area contributed by atoms with E-state index in [1.165, 1.54) is 28.8 Å². The van der Waals surface area contributed by atoms with Gasteiger partial charge in [-0.05, 0) is 0 Å². The van der Waals surface area contributed by atoms with Crippen LogP contribution in [-0.2, 0) is 24.0 Å². The summed E-state index contributed by atoms with van der Waals surface area (Å²) >= 11 is 0. The molecule has 0 aliphatic heterocycles. The predicted octanol–water partition coefficient (Wildman–Crippen LogP) is -9.84. The first-order chi connectivity index (χ1) is 13.6. The van der Waals surface area contributed by atoms with Gasteiger partial charge >= 0.3 is 39.9 Å². The fourth-order valence-electron chi connectivity index (χ4n) is 2.38. The summed E-state index contributed by atoms with van der Waals surface area (Å²) in [6.45, 7) is -1.84. The van der Waals surface area contributed by atoms with Crippen molar-refractivity contribution >= 4 is 29.7 Å². The zero-order valence-corrected chi connectivity index (χ0v) is 20.6. The van der Waals surface area contributed by atoms with Crippen LogP contribution in [0.2, 0.25) is 0 Å². The van der Waals surface area contributed by atoms with Crippen LogP contribution in [0.3, 0.4) is 0 Å². The van der Waals surface area contributed by atoms with Crippen molar-refractivity contribution < 1.29 is 95.7 Å². The summed E-state index contributed by atoms with van der Waals surface area (Å²) in [6.07, 6.45) is 0. The molecule has 0 aliphatic carbocycles. The maximum Gasteiger partial charge on any atom is 3.00 e. The zero-order valence-electron chi connectivity index (χ0n) is 18.3. The van der Waals surface area contributed by atoms with E-state index in [0.29, 0.717) is 0 Å². The van der Waals surface area contributed by atoms with E-state index >= 15 is 0 Å². The summed E-state index contributed by atoms with van der Waals surface area (Å²) in [7, 11) is 2.78. The van der Waals surface area contributed by atoms with Gasteiger partial charge in [-0.3, -0.25) is 24.3 Å². The van der Waals surface area contributed by atoms with Gasteiger partial charge in [0.25, 0.3) is 0 Å². The Morgan fingerprint density at radius 3 is 1.03 bits per heavy atom. The van der Waals surface area contributed by atoms with Crippen LogP contribution in [0, 0.1) is 39.9 Å². The average molecular weight is 628 g/mol. The number of carbonyl (C=O) groups is 5. The molecule has 0 aromatic heterocycles. The van der Waals surface area contributed by atoms with Crippen LogP contribution >= 0.6 is 0 Å². The number of nitrogens with one attached hydrogen (secondary N) is 2. The van der Waals surface area contributed by atoms with E-state index in [9.17, 15) is 39.3 Å². The van der Waals surface area contributed by atoms with Crippen molar-refractivity contribution in [3.05, 3.63) is 0 Å². The molecular weight excluding hydrogens is 595 g/mol. The van der Waals surface area contributed by atoms with Crippen LogP contribution in [0.25, 0.3) is 0 Å². The molecule has 0 atom stereocenters. The maximum atomic E-state index is 11.5. The van der Waals surface area contributed by atoms with Crippen molar-refractivity contribution in [2.75, 3.05) is 73.0 Å². The Bertz CT molecular complexity index is 555. The van der Waals surface area contributed by atoms with Crippen LogP contribution in [-0.4, -0.2) is 134 Å². The second-order valence-corrected chi connectivity index (χ2v) is 6.16. The van der Waals surface area contributed by atoms with Gasteiger partial charge in [-0.15, -0.1) is 0 Å². The summed E-state index contributed by atoms with van der Waals surface area (Å²) in [5.74, 6) is -5.04. The fraction of sp³-hybridized carbons (Fsp3) is 0.688. The summed E-state index contributed by atoms with van der Waals surface area (Å²) in [4.78, 5) is 59.6. The molecule has 0 aromatic rings. The van der Waals surface area contributed by atoms with Crippen LogP contribution in [0.5, 0.6) is 0 Å². The summed E-state index contributed by atoms with van der Waals surface area (Å²) in [6, 6.07) is 0. The molecule has 0 spiro atoms. The van der Waals surface area contributed by atoms with E-state index in [0.717, 1.165) is 0 Å². The standard InChI is InChI=1S/C16H29N5O8.Gd.3H2O/c1-17-12(22)7-20(10-15(26)27)5-3-19(9-14(24)25)4-6-21(11-16(28)29)8-13(23)18-2;;;;/h3-11H2,1-2H3,(H,17,22)(H,18,23)(H,24,25)(H,26,27)(H,28,29);;3*1H2/q;+3;;;/p-3. The molecule has 0 saturated carbocycles. The number of aliphatic carboxylic acids is 3. The summed E-state index contributed by atoms with van der Waals surface area (Å²) in [5.41, 5.74) is 0. The summed E-state index contributed by atoms with van der Waals surface area (Å²) < 4.78 is 0. The smallest absolute Gasteiger partial charge is 0.549 e. The first-order valence-electron chi connectivity index (χ1n) is 8.75. The van der Waals surface area contributed by atoms with Crippen LogP contribution < -0.4 is 26.0 Å². The molecule has 16 nitrogen and oxygen atoms in total. The minimum Gasteiger partial charge on any atom is -0.549 e. The Balaban J connectivity index is -0.000000653. The maximum absolute atomic E-state index is 11.5. The van der Waals surface area contributed by atoms with Gasteiger partial charge in [0.05, 0.1) is 31.0 Å². The van der Waals surface area contributed by atoms with Gasteiger partial charge in [0.2, 0.25) is 11.8 Å². The van der Waals surface area contributed by atoms with Crippen molar-refractivity contribution in [2.45, 2.75) is 0 Å². The number of amides is 2. The normalized spacial score (nSPS) is 9.61. The molecule has 2 amide bonds. The Morgan fingerprint density at radius 1 is 0.545 bits per heavy atom. The third-order valence-corrected chi connectivity index (χ3v) is 3.82. The van der Waals surface area contributed by atoms with E-state index in [2.05, 4.69) is 10.6 Å². The first kappa shape index (κ1) is 41.7. The van der Waals surface area contributed by atoms with Crippen molar-refractivity contribution in [2.24, 2.45) is 0 Å². The van der Waals surface area contributed by atoms with Crippen LogP contribution in [0.1, 0.15) is 0 Å². The second-order valence-electron chi connectivity index (χ2n) is 6.16. The van der Waals surface area contributed by atoms with Gasteiger partial charge in [0.1, 0.15) is 0 Å². The number of hydrogen-bond donors (Lipinski definition) is 2. The Morgan fingerprint density at radius 2 is 0.788 bits per heavy atom. The van der Waals surface area contributed by atoms with Crippen molar-refractivity contribution in [3.8, 4) is 0 Å². The van der Waals surface area contributed by atoms with Crippen molar-refractivity contribution in [3.63, 3.8) is 0 Å². The molecule has 0 unspecified atom stereocenters. The van der Waals surface area contributed by atoms with Crippen molar-refractivity contribution in [1.29, 1.82) is 0 Å². The van der Waals surface area contributed by atoms with Gasteiger partial charge in [0.15, 0.2) is 0 Å². The fourth-order valence-corrected chi connectivity index (χ4v) is 2.38. The van der Waals surface area contributed by atoms with Gasteiger partial charge in [-0.25, -0.2) is 0 Å². The number of likely N-dealkylation sites (N-methyl/N-ethyl adjacent to an activating group) is 2. The summed E-state index contributed by atoms with van der Waals surface area (Å²) in [5, 5.41) is 37.4. The molecule has 8 N–H and O–H groups in total. The molecule has 17 heteroatoms. The molecule has 0 rings (SSSR count). The number of carboxylic acid groups (broad SMARTS) is 3. The molecule has 195 valence electrons. The topological polar surface area (TPSA) is 283 Å². The van der Waals surface area contributed by atoms with Gasteiger partial charge < -0.3 is 56.8 Å². The molecule has 0 saturated heterocycles. The first-order valence-corrected chi connectivity index (χ1v) is 8.75. The Kier molecular flexibility index (Phi) is 29.8. The number of hydrogen-bond acceptors (Lipinski definition) is 11. The van der Waals surface area contributed by atoms with Crippen LogP contribution in [0.4, 0.5) is 0 Å². The molecule has 0 heterocycles. The second kappa shape index (κ2) is 23.6. The average Bonchev–Trinajstić information content (AvgIpc) is 2.61. The van der Waals surface area contributed by atoms with Gasteiger partial charge in [0, 0.05) is 59.9 Å². The van der Waals surface area contributed by atoms with E-state index in [1.807, 2.05) is 0 Å². The molecule has 1 radical (unpaired) electrons. The molecule has 33 heavy (non-hydrogen) atoms. The van der Waals surface area contributed by atoms with Crippen molar-refractivity contribution in [1.82, 2.24) is 25.3 Å². The largest absolute Gasteiger partial charge is 3.00 e. The van der Waals surface area contributed by atoms with E-state index < -0.39 is 49.4 Å². The Labute approximate surface area is 222 Å². The van der Waals surface area contributed by atoms with E-state index in [4.69, 9.17) is 0 Å².